The van der Waals surface area contributed by atoms with Gasteiger partial charge in [-0.15, -0.1) is 0 Å². The Labute approximate surface area is 318 Å². The first-order chi connectivity index (χ1) is 25.3. The van der Waals surface area contributed by atoms with Crippen molar-refractivity contribution in [3.05, 3.63) is 48.6 Å². The lowest BCUT2D eigenvalue weighted by Crippen LogP contribution is -2.29. The number of nitrogens with one attached hydrogen (secondary N) is 1. The Morgan fingerprint density at radius 3 is 1.63 bits per heavy atom. The summed E-state index contributed by atoms with van der Waals surface area (Å²) in [6, 6.07) is 0. The van der Waals surface area contributed by atoms with Crippen LogP contribution in [-0.2, 0) is 32.7 Å². The molecule has 9 nitrogen and oxygen atoms in total. The van der Waals surface area contributed by atoms with Crippen molar-refractivity contribution in [2.24, 2.45) is 0 Å². The lowest BCUT2D eigenvalue weighted by Gasteiger charge is -2.20. The maximum absolute atomic E-state index is 12.6. The lowest BCUT2D eigenvalue weighted by atomic mass is 10.0. The summed E-state index contributed by atoms with van der Waals surface area (Å²) in [5, 5.41) is 2.82. The van der Waals surface area contributed by atoms with E-state index in [1.165, 1.54) is 64.2 Å². The molecule has 0 rings (SSSR count). The molecule has 0 radical (unpaired) electrons. The average molecular weight is 754 g/mol. The van der Waals surface area contributed by atoms with Gasteiger partial charge < -0.3 is 19.7 Å². The van der Waals surface area contributed by atoms with Crippen molar-refractivity contribution in [3.8, 4) is 0 Å². The third-order valence-electron chi connectivity index (χ3n) is 8.46. The number of esters is 2. The minimum atomic E-state index is -4.35. The van der Waals surface area contributed by atoms with E-state index in [9.17, 15) is 19.0 Å². The Morgan fingerprint density at radius 2 is 1.10 bits per heavy atom. The molecule has 0 saturated heterocycles. The van der Waals surface area contributed by atoms with Crippen LogP contribution in [0.25, 0.3) is 0 Å². The molecule has 302 valence electrons. The van der Waals surface area contributed by atoms with E-state index >= 15 is 0 Å². The summed E-state index contributed by atoms with van der Waals surface area (Å²) in [5.41, 5.74) is 0. The Balaban J connectivity index is 4.29. The van der Waals surface area contributed by atoms with E-state index in [2.05, 4.69) is 67.8 Å². The topological polar surface area (TPSA) is 120 Å². The second kappa shape index (κ2) is 38.7. The molecule has 2 unspecified atom stereocenters. The molecule has 0 aromatic heterocycles. The Hall–Kier alpha value is -2.03. The number of unbranched alkanes of at least 4 members (excludes halogenated alkanes) is 16. The normalized spacial score (nSPS) is 13.8. The predicted octanol–water partition coefficient (Wildman–Crippen LogP) is 11.4. The number of hydrogen-bond acceptors (Lipinski definition) is 8. The van der Waals surface area contributed by atoms with Gasteiger partial charge in [0.2, 0.25) is 0 Å². The molecule has 0 amide bonds. The fourth-order valence-electron chi connectivity index (χ4n) is 5.37. The molecule has 0 aromatic rings. The first-order valence-corrected chi connectivity index (χ1v) is 22.1. The van der Waals surface area contributed by atoms with Crippen molar-refractivity contribution >= 4 is 19.8 Å². The molecule has 0 aliphatic heterocycles. The van der Waals surface area contributed by atoms with Crippen LogP contribution in [0.5, 0.6) is 0 Å². The van der Waals surface area contributed by atoms with Gasteiger partial charge in [0, 0.05) is 19.4 Å². The van der Waals surface area contributed by atoms with Crippen LogP contribution in [0.2, 0.25) is 0 Å². The van der Waals surface area contributed by atoms with E-state index in [1.54, 1.807) is 7.05 Å². The second-order valence-electron chi connectivity index (χ2n) is 13.4. The second-order valence-corrected chi connectivity index (χ2v) is 14.9. The highest BCUT2D eigenvalue weighted by Crippen LogP contribution is 2.43. The van der Waals surface area contributed by atoms with Gasteiger partial charge in [-0.25, -0.2) is 4.57 Å². The maximum Gasteiger partial charge on any atom is 0.472 e. The van der Waals surface area contributed by atoms with E-state index in [1.807, 2.05) is 0 Å². The highest BCUT2D eigenvalue weighted by Gasteiger charge is 2.26. The summed E-state index contributed by atoms with van der Waals surface area (Å²) in [4.78, 5) is 35.0. The van der Waals surface area contributed by atoms with Crippen molar-refractivity contribution in [1.82, 2.24) is 5.32 Å². The zero-order chi connectivity index (χ0) is 38.2. The Bertz CT molecular complexity index is 996. The first-order valence-electron chi connectivity index (χ1n) is 20.6. The Kier molecular flexibility index (Phi) is 37.2. The molecule has 0 bridgehead atoms. The van der Waals surface area contributed by atoms with Crippen LogP contribution in [0.4, 0.5) is 0 Å². The van der Waals surface area contributed by atoms with E-state index < -0.39 is 32.5 Å². The van der Waals surface area contributed by atoms with Crippen LogP contribution in [0.3, 0.4) is 0 Å². The number of rotatable bonds is 38. The SMILES string of the molecule is CC/C=C\C/C=C\C/C=C\C/C=C\CCCCCCC(=O)OCC(COP(=O)(O)OCCNC)OC(=O)CCCCCCCCCCCCCCC. The van der Waals surface area contributed by atoms with Crippen molar-refractivity contribution in [3.63, 3.8) is 0 Å². The van der Waals surface area contributed by atoms with Crippen LogP contribution in [-0.4, -0.2) is 56.3 Å². The highest BCUT2D eigenvalue weighted by molar-refractivity contribution is 7.47. The van der Waals surface area contributed by atoms with Gasteiger partial charge in [0.05, 0.1) is 13.2 Å². The number of phosphoric ester groups is 1. The number of carbonyl (C=O) groups excluding carboxylic acids is 2. The van der Waals surface area contributed by atoms with E-state index in [4.69, 9.17) is 18.5 Å². The van der Waals surface area contributed by atoms with E-state index in [0.717, 1.165) is 64.2 Å². The first kappa shape index (κ1) is 50.0. The van der Waals surface area contributed by atoms with Gasteiger partial charge in [-0.1, -0.05) is 152 Å². The number of likely N-dealkylation sites (N-methyl/N-ethyl adjacent to an activating group) is 1. The number of phosphoric acid groups is 1. The summed E-state index contributed by atoms with van der Waals surface area (Å²) in [6.07, 6.45) is 41.5. The number of carbonyl (C=O) groups is 2. The maximum atomic E-state index is 12.6. The third-order valence-corrected chi connectivity index (χ3v) is 9.45. The van der Waals surface area contributed by atoms with Crippen LogP contribution in [0, 0.1) is 0 Å². The molecule has 0 fully saturated rings. The molecule has 0 aliphatic rings. The molecule has 2 atom stereocenters. The van der Waals surface area contributed by atoms with Gasteiger partial charge >= 0.3 is 19.8 Å². The minimum Gasteiger partial charge on any atom is -0.462 e. The number of ether oxygens (including phenoxy) is 2. The van der Waals surface area contributed by atoms with Gasteiger partial charge in [0.1, 0.15) is 6.61 Å². The summed E-state index contributed by atoms with van der Waals surface area (Å²) in [5.74, 6) is -0.834. The fraction of sp³-hybridized carbons (Fsp3) is 0.762. The van der Waals surface area contributed by atoms with E-state index in [0.29, 0.717) is 19.4 Å². The molecular formula is C42H76NO8P. The van der Waals surface area contributed by atoms with Crippen molar-refractivity contribution in [2.75, 3.05) is 33.4 Å². The molecular weight excluding hydrogens is 677 g/mol. The van der Waals surface area contributed by atoms with Gasteiger partial charge in [0.25, 0.3) is 0 Å². The standard InChI is InChI=1S/C42H76NO8P/c1-4-6-8-10-12-14-16-18-19-20-21-23-24-26-28-30-32-34-41(44)48-38-40(39-50-52(46,47)49-37-36-43-3)51-42(45)35-33-31-29-27-25-22-17-15-13-11-9-7-5-2/h6,8,12,14,18-19,21,23,40,43H,4-5,7,9-11,13,15-17,20,22,24-39H2,1-3H3,(H,46,47)/b8-6-,14-12-,19-18-,23-21-. The molecule has 10 heteroatoms. The molecule has 0 heterocycles. The number of allylic oxidation sites excluding steroid dienone is 8. The van der Waals surface area contributed by atoms with Gasteiger partial charge in [-0.3, -0.25) is 18.6 Å². The summed E-state index contributed by atoms with van der Waals surface area (Å²) < 4.78 is 33.1. The zero-order valence-corrected chi connectivity index (χ0v) is 34.1. The van der Waals surface area contributed by atoms with Crippen molar-refractivity contribution in [2.45, 2.75) is 174 Å². The zero-order valence-electron chi connectivity index (χ0n) is 33.2. The molecule has 0 aliphatic carbocycles. The molecule has 0 saturated carbocycles. The molecule has 0 spiro atoms. The minimum absolute atomic E-state index is 0.0216. The highest BCUT2D eigenvalue weighted by atomic mass is 31.2. The molecule has 0 aromatic carbocycles. The van der Waals surface area contributed by atoms with Crippen LogP contribution >= 0.6 is 7.82 Å². The van der Waals surface area contributed by atoms with Gasteiger partial charge in [-0.05, 0) is 58.4 Å². The summed E-state index contributed by atoms with van der Waals surface area (Å²) >= 11 is 0. The van der Waals surface area contributed by atoms with Gasteiger partial charge in [-0.2, -0.15) is 0 Å². The summed E-state index contributed by atoms with van der Waals surface area (Å²) in [7, 11) is -2.66. The third kappa shape index (κ3) is 37.7. The van der Waals surface area contributed by atoms with Crippen molar-refractivity contribution < 1.29 is 37.6 Å². The Morgan fingerprint density at radius 1 is 0.615 bits per heavy atom. The fourth-order valence-corrected chi connectivity index (χ4v) is 6.12. The molecule has 52 heavy (non-hydrogen) atoms. The van der Waals surface area contributed by atoms with Crippen LogP contribution in [0.15, 0.2) is 48.6 Å². The quantitative estimate of drug-likeness (QED) is 0.0275. The monoisotopic (exact) mass is 754 g/mol. The lowest BCUT2D eigenvalue weighted by molar-refractivity contribution is -0.161. The smallest absolute Gasteiger partial charge is 0.462 e. The number of hydrogen-bond donors (Lipinski definition) is 2. The average Bonchev–Trinajstić information content (AvgIpc) is 3.12. The van der Waals surface area contributed by atoms with Gasteiger partial charge in [0.15, 0.2) is 6.10 Å². The van der Waals surface area contributed by atoms with Crippen molar-refractivity contribution in [1.29, 1.82) is 0 Å². The van der Waals surface area contributed by atoms with E-state index in [-0.39, 0.29) is 26.1 Å². The predicted molar refractivity (Wildman–Crippen MR) is 215 cm³/mol. The summed E-state index contributed by atoms with van der Waals surface area (Å²) in [6.45, 7) is 4.07. The van der Waals surface area contributed by atoms with Crippen LogP contribution in [0.1, 0.15) is 168 Å². The van der Waals surface area contributed by atoms with Crippen LogP contribution < -0.4 is 5.32 Å². The largest absolute Gasteiger partial charge is 0.472 e. The molecule has 2 N–H and O–H groups in total.